The molecule has 6 heteroatoms. The molecule has 0 fully saturated rings. The lowest BCUT2D eigenvalue weighted by atomic mass is 10.2. The highest BCUT2D eigenvalue weighted by Gasteiger charge is 2.02. The Kier molecular flexibility index (Phi) is 6.69. The molecule has 96 valence electrons. The van der Waals surface area contributed by atoms with Crippen molar-refractivity contribution in [1.82, 2.24) is 15.2 Å². The highest BCUT2D eigenvalue weighted by atomic mass is 32.2. The van der Waals surface area contributed by atoms with Gasteiger partial charge in [0, 0.05) is 12.2 Å². The SMILES string of the molecule is CCOC(=O)CCCCCSc1n[nH]c(C)n1. The van der Waals surface area contributed by atoms with Gasteiger partial charge in [-0.15, -0.1) is 5.10 Å². The Morgan fingerprint density at radius 3 is 2.88 bits per heavy atom. The number of carbonyl (C=O) groups excluding carboxylic acids is 1. The van der Waals surface area contributed by atoms with Crippen LogP contribution in [-0.2, 0) is 9.53 Å². The number of hydrogen-bond acceptors (Lipinski definition) is 5. The molecule has 0 spiro atoms. The molecular formula is C11H19N3O2S. The Hall–Kier alpha value is -1.04. The number of aromatic amines is 1. The predicted molar refractivity (Wildman–Crippen MR) is 66.9 cm³/mol. The van der Waals surface area contributed by atoms with Crippen molar-refractivity contribution in [2.45, 2.75) is 44.7 Å². The molecule has 0 aliphatic carbocycles. The summed E-state index contributed by atoms with van der Waals surface area (Å²) in [5.41, 5.74) is 0. The Morgan fingerprint density at radius 1 is 1.41 bits per heavy atom. The first-order chi connectivity index (χ1) is 8.22. The third kappa shape index (κ3) is 6.31. The number of ether oxygens (including phenoxy) is 1. The topological polar surface area (TPSA) is 67.9 Å². The van der Waals surface area contributed by atoms with E-state index in [2.05, 4.69) is 15.2 Å². The van der Waals surface area contributed by atoms with Crippen LogP contribution in [0.3, 0.4) is 0 Å². The summed E-state index contributed by atoms with van der Waals surface area (Å²) in [6.07, 6.45) is 3.53. The maximum absolute atomic E-state index is 11.0. The molecule has 1 rings (SSSR count). The molecule has 1 aromatic heterocycles. The molecule has 0 atom stereocenters. The van der Waals surface area contributed by atoms with Crippen LogP contribution in [0.1, 0.15) is 38.4 Å². The monoisotopic (exact) mass is 257 g/mol. The number of nitrogens with zero attached hydrogens (tertiary/aromatic N) is 2. The van der Waals surface area contributed by atoms with Crippen molar-refractivity contribution in [3.05, 3.63) is 5.82 Å². The van der Waals surface area contributed by atoms with Crippen molar-refractivity contribution < 1.29 is 9.53 Å². The van der Waals surface area contributed by atoms with E-state index in [1.165, 1.54) is 0 Å². The summed E-state index contributed by atoms with van der Waals surface area (Å²) in [4.78, 5) is 15.3. The highest BCUT2D eigenvalue weighted by Crippen LogP contribution is 2.15. The fraction of sp³-hybridized carbons (Fsp3) is 0.727. The Balaban J connectivity index is 1.96. The lowest BCUT2D eigenvalue weighted by Gasteiger charge is -2.01. The zero-order chi connectivity index (χ0) is 12.5. The van der Waals surface area contributed by atoms with Crippen LogP contribution >= 0.6 is 11.8 Å². The van der Waals surface area contributed by atoms with Gasteiger partial charge in [0.25, 0.3) is 0 Å². The van der Waals surface area contributed by atoms with Gasteiger partial charge in [-0.2, -0.15) is 0 Å². The van der Waals surface area contributed by atoms with Crippen molar-refractivity contribution in [3.63, 3.8) is 0 Å². The second kappa shape index (κ2) is 8.11. The minimum Gasteiger partial charge on any atom is -0.466 e. The van der Waals surface area contributed by atoms with Crippen molar-refractivity contribution >= 4 is 17.7 Å². The minimum absolute atomic E-state index is 0.0928. The fourth-order valence-corrected chi connectivity index (χ4v) is 2.17. The largest absolute Gasteiger partial charge is 0.466 e. The third-order valence-corrected chi connectivity index (χ3v) is 3.07. The normalized spacial score (nSPS) is 10.5. The van der Waals surface area contributed by atoms with Gasteiger partial charge in [-0.3, -0.25) is 9.89 Å². The predicted octanol–water partition coefficient (Wildman–Crippen LogP) is 2.33. The van der Waals surface area contributed by atoms with E-state index in [1.54, 1.807) is 11.8 Å². The Morgan fingerprint density at radius 2 is 2.24 bits per heavy atom. The van der Waals surface area contributed by atoms with Gasteiger partial charge in [0.2, 0.25) is 5.16 Å². The van der Waals surface area contributed by atoms with E-state index in [0.29, 0.717) is 13.0 Å². The molecule has 0 saturated heterocycles. The van der Waals surface area contributed by atoms with E-state index < -0.39 is 0 Å². The van der Waals surface area contributed by atoms with Gasteiger partial charge in [0.1, 0.15) is 5.82 Å². The molecule has 1 N–H and O–H groups in total. The molecular weight excluding hydrogens is 238 g/mol. The highest BCUT2D eigenvalue weighted by molar-refractivity contribution is 7.99. The molecule has 17 heavy (non-hydrogen) atoms. The lowest BCUT2D eigenvalue weighted by molar-refractivity contribution is -0.143. The van der Waals surface area contributed by atoms with Gasteiger partial charge in [-0.1, -0.05) is 18.2 Å². The minimum atomic E-state index is -0.0928. The van der Waals surface area contributed by atoms with Gasteiger partial charge in [0.15, 0.2) is 0 Å². The summed E-state index contributed by atoms with van der Waals surface area (Å²) < 4.78 is 4.85. The molecule has 0 aliphatic heterocycles. The Bertz CT molecular complexity index is 341. The van der Waals surface area contributed by atoms with Crippen molar-refractivity contribution in [1.29, 1.82) is 0 Å². The smallest absolute Gasteiger partial charge is 0.305 e. The van der Waals surface area contributed by atoms with E-state index in [1.807, 2.05) is 13.8 Å². The number of aryl methyl sites for hydroxylation is 1. The van der Waals surface area contributed by atoms with Crippen LogP contribution in [0.5, 0.6) is 0 Å². The number of carbonyl (C=O) groups is 1. The quantitative estimate of drug-likeness (QED) is 0.440. The van der Waals surface area contributed by atoms with Crippen LogP contribution in [0.25, 0.3) is 0 Å². The first kappa shape index (κ1) is 14.0. The summed E-state index contributed by atoms with van der Waals surface area (Å²) >= 11 is 1.64. The standard InChI is InChI=1S/C11H19N3O2S/c1-3-16-10(15)7-5-4-6-8-17-11-12-9(2)13-14-11/h3-8H2,1-2H3,(H,12,13,14). The molecule has 5 nitrogen and oxygen atoms in total. The van der Waals surface area contributed by atoms with Gasteiger partial charge in [-0.05, 0) is 26.7 Å². The van der Waals surface area contributed by atoms with E-state index in [-0.39, 0.29) is 5.97 Å². The van der Waals surface area contributed by atoms with E-state index in [9.17, 15) is 4.79 Å². The molecule has 0 amide bonds. The number of thioether (sulfide) groups is 1. The molecule has 1 heterocycles. The molecule has 0 aromatic carbocycles. The molecule has 0 radical (unpaired) electrons. The van der Waals surface area contributed by atoms with Crippen LogP contribution in [0, 0.1) is 6.92 Å². The number of unbranched alkanes of at least 4 members (excludes halogenated alkanes) is 2. The van der Waals surface area contributed by atoms with Gasteiger partial charge in [0.05, 0.1) is 6.61 Å². The van der Waals surface area contributed by atoms with Crippen molar-refractivity contribution in [2.24, 2.45) is 0 Å². The number of H-pyrrole nitrogens is 1. The van der Waals surface area contributed by atoms with Crippen LogP contribution in [-0.4, -0.2) is 33.5 Å². The maximum atomic E-state index is 11.0. The summed E-state index contributed by atoms with van der Waals surface area (Å²) in [5.74, 6) is 1.74. The first-order valence-electron chi connectivity index (χ1n) is 5.89. The zero-order valence-corrected chi connectivity index (χ0v) is 11.2. The molecule has 1 aromatic rings. The number of nitrogens with one attached hydrogen (secondary N) is 1. The second-order valence-electron chi connectivity index (χ2n) is 3.67. The van der Waals surface area contributed by atoms with E-state index in [0.717, 1.165) is 36.0 Å². The van der Waals surface area contributed by atoms with Gasteiger partial charge < -0.3 is 4.74 Å². The molecule has 0 bridgehead atoms. The zero-order valence-electron chi connectivity index (χ0n) is 10.4. The summed E-state index contributed by atoms with van der Waals surface area (Å²) in [5, 5.41) is 7.64. The lowest BCUT2D eigenvalue weighted by Crippen LogP contribution is -2.03. The Labute approximate surface area is 106 Å². The third-order valence-electron chi connectivity index (χ3n) is 2.14. The number of hydrogen-bond donors (Lipinski definition) is 1. The van der Waals surface area contributed by atoms with Crippen LogP contribution in [0.2, 0.25) is 0 Å². The van der Waals surface area contributed by atoms with Crippen LogP contribution in [0.4, 0.5) is 0 Å². The van der Waals surface area contributed by atoms with E-state index in [4.69, 9.17) is 4.74 Å². The first-order valence-corrected chi connectivity index (χ1v) is 6.88. The van der Waals surface area contributed by atoms with Crippen molar-refractivity contribution in [2.75, 3.05) is 12.4 Å². The fourth-order valence-electron chi connectivity index (χ4n) is 1.33. The van der Waals surface area contributed by atoms with Gasteiger partial charge >= 0.3 is 5.97 Å². The average molecular weight is 257 g/mol. The van der Waals surface area contributed by atoms with Crippen LogP contribution in [0.15, 0.2) is 5.16 Å². The number of esters is 1. The number of rotatable bonds is 8. The second-order valence-corrected chi connectivity index (χ2v) is 4.73. The van der Waals surface area contributed by atoms with Crippen molar-refractivity contribution in [3.8, 4) is 0 Å². The maximum Gasteiger partial charge on any atom is 0.305 e. The molecule has 0 saturated carbocycles. The van der Waals surface area contributed by atoms with Gasteiger partial charge in [-0.25, -0.2) is 4.98 Å². The summed E-state index contributed by atoms with van der Waals surface area (Å²) in [7, 11) is 0. The summed E-state index contributed by atoms with van der Waals surface area (Å²) in [6.45, 7) is 4.18. The average Bonchev–Trinajstić information content (AvgIpc) is 2.70. The van der Waals surface area contributed by atoms with E-state index >= 15 is 0 Å². The molecule has 0 unspecified atom stereocenters. The van der Waals surface area contributed by atoms with Crippen LogP contribution < -0.4 is 0 Å². The summed E-state index contributed by atoms with van der Waals surface area (Å²) in [6, 6.07) is 0. The number of aromatic nitrogens is 3. The molecule has 0 aliphatic rings.